The molecule has 0 fully saturated rings. The molecule has 28 heavy (non-hydrogen) atoms. The Kier molecular flexibility index (Phi) is 5.91. The van der Waals surface area contributed by atoms with Gasteiger partial charge in [-0.1, -0.05) is 18.2 Å². The predicted molar refractivity (Wildman–Crippen MR) is 101 cm³/mol. The summed E-state index contributed by atoms with van der Waals surface area (Å²) in [5.41, 5.74) is 1.61. The third-order valence-electron chi connectivity index (χ3n) is 3.88. The lowest BCUT2D eigenvalue weighted by molar-refractivity contribution is 0.0600. The SMILES string of the molecule is COC(=O)c1ccc(Nc2cc(C(=O)NCc3ccccc3F)ncn2)cc1. The van der Waals surface area contributed by atoms with Crippen molar-refractivity contribution in [3.63, 3.8) is 0 Å². The molecule has 2 aromatic carbocycles. The third kappa shape index (κ3) is 4.67. The number of halogens is 1. The van der Waals surface area contributed by atoms with Gasteiger partial charge in [-0.05, 0) is 30.3 Å². The summed E-state index contributed by atoms with van der Waals surface area (Å²) >= 11 is 0. The second-order valence-corrected chi connectivity index (χ2v) is 5.76. The van der Waals surface area contributed by atoms with Crippen molar-refractivity contribution in [1.82, 2.24) is 15.3 Å². The van der Waals surface area contributed by atoms with Gasteiger partial charge in [0.05, 0.1) is 12.7 Å². The fraction of sp³-hybridized carbons (Fsp3) is 0.100. The average Bonchev–Trinajstić information content (AvgIpc) is 2.73. The lowest BCUT2D eigenvalue weighted by atomic mass is 10.2. The second kappa shape index (κ2) is 8.72. The van der Waals surface area contributed by atoms with Crippen LogP contribution >= 0.6 is 0 Å². The predicted octanol–water partition coefficient (Wildman–Crippen LogP) is 3.08. The smallest absolute Gasteiger partial charge is 0.337 e. The molecule has 142 valence electrons. The zero-order valence-electron chi connectivity index (χ0n) is 15.0. The fourth-order valence-electron chi connectivity index (χ4n) is 2.41. The van der Waals surface area contributed by atoms with Gasteiger partial charge in [0.25, 0.3) is 5.91 Å². The Balaban J connectivity index is 1.65. The van der Waals surface area contributed by atoms with Gasteiger partial charge in [0, 0.05) is 23.9 Å². The third-order valence-corrected chi connectivity index (χ3v) is 3.88. The molecule has 8 heteroatoms. The van der Waals surface area contributed by atoms with Crippen molar-refractivity contribution in [2.24, 2.45) is 0 Å². The van der Waals surface area contributed by atoms with Crippen LogP contribution in [-0.4, -0.2) is 29.0 Å². The quantitative estimate of drug-likeness (QED) is 0.639. The molecule has 1 aromatic heterocycles. The Morgan fingerprint density at radius 3 is 2.54 bits per heavy atom. The van der Waals surface area contributed by atoms with Crippen molar-refractivity contribution in [3.05, 3.63) is 83.6 Å². The molecule has 3 aromatic rings. The summed E-state index contributed by atoms with van der Waals surface area (Å²) in [6, 6.07) is 14.3. The Labute approximate surface area is 160 Å². The van der Waals surface area contributed by atoms with Crippen LogP contribution in [0.2, 0.25) is 0 Å². The Morgan fingerprint density at radius 1 is 1.07 bits per heavy atom. The van der Waals surface area contributed by atoms with Crippen LogP contribution in [-0.2, 0) is 11.3 Å². The van der Waals surface area contributed by atoms with E-state index in [1.807, 2.05) is 0 Å². The van der Waals surface area contributed by atoms with Crippen molar-refractivity contribution in [3.8, 4) is 0 Å². The van der Waals surface area contributed by atoms with Crippen molar-refractivity contribution in [1.29, 1.82) is 0 Å². The zero-order valence-corrected chi connectivity index (χ0v) is 15.0. The van der Waals surface area contributed by atoms with Gasteiger partial charge < -0.3 is 15.4 Å². The van der Waals surface area contributed by atoms with Crippen LogP contribution in [0.5, 0.6) is 0 Å². The first-order valence-electron chi connectivity index (χ1n) is 8.36. The highest BCUT2D eigenvalue weighted by Crippen LogP contribution is 2.16. The number of esters is 1. The molecule has 0 atom stereocenters. The van der Waals surface area contributed by atoms with Crippen LogP contribution in [0.1, 0.15) is 26.4 Å². The van der Waals surface area contributed by atoms with E-state index in [0.29, 0.717) is 22.6 Å². The van der Waals surface area contributed by atoms with Gasteiger partial charge in [-0.15, -0.1) is 0 Å². The minimum atomic E-state index is -0.449. The topological polar surface area (TPSA) is 93.2 Å². The van der Waals surface area contributed by atoms with Crippen molar-refractivity contribution in [2.45, 2.75) is 6.54 Å². The number of anilines is 2. The highest BCUT2D eigenvalue weighted by molar-refractivity contribution is 5.93. The van der Waals surface area contributed by atoms with E-state index in [-0.39, 0.29) is 18.1 Å². The number of nitrogens with zero attached hydrogens (tertiary/aromatic N) is 2. The molecule has 0 radical (unpaired) electrons. The molecule has 0 saturated heterocycles. The summed E-state index contributed by atoms with van der Waals surface area (Å²) in [6.45, 7) is 0.0489. The minimum absolute atomic E-state index is 0.0489. The first-order chi connectivity index (χ1) is 13.6. The largest absolute Gasteiger partial charge is 0.465 e. The molecule has 0 bridgehead atoms. The molecular weight excluding hydrogens is 363 g/mol. The number of carbonyl (C=O) groups is 2. The van der Waals surface area contributed by atoms with Crippen molar-refractivity contribution in [2.75, 3.05) is 12.4 Å². The van der Waals surface area contributed by atoms with Crippen LogP contribution in [0.25, 0.3) is 0 Å². The molecule has 0 aliphatic carbocycles. The molecule has 2 N–H and O–H groups in total. The van der Waals surface area contributed by atoms with Gasteiger partial charge >= 0.3 is 5.97 Å². The first kappa shape index (κ1) is 19.0. The molecule has 0 saturated carbocycles. The molecule has 0 aliphatic rings. The number of rotatable bonds is 6. The summed E-state index contributed by atoms with van der Waals surface area (Å²) in [6.07, 6.45) is 1.25. The van der Waals surface area contributed by atoms with Crippen LogP contribution in [0.4, 0.5) is 15.9 Å². The normalized spacial score (nSPS) is 10.2. The summed E-state index contributed by atoms with van der Waals surface area (Å²) in [5.74, 6) is -0.864. The molecule has 0 unspecified atom stereocenters. The fourth-order valence-corrected chi connectivity index (χ4v) is 2.41. The molecular formula is C20H17FN4O3. The van der Waals surface area contributed by atoms with Crippen LogP contribution in [0.15, 0.2) is 60.9 Å². The van der Waals surface area contributed by atoms with E-state index in [9.17, 15) is 14.0 Å². The van der Waals surface area contributed by atoms with Gasteiger partial charge in [0.2, 0.25) is 0 Å². The van der Waals surface area contributed by atoms with E-state index in [0.717, 1.165) is 0 Å². The van der Waals surface area contributed by atoms with Gasteiger partial charge in [0.15, 0.2) is 0 Å². The van der Waals surface area contributed by atoms with E-state index in [2.05, 4.69) is 25.3 Å². The summed E-state index contributed by atoms with van der Waals surface area (Å²) < 4.78 is 18.3. The van der Waals surface area contributed by atoms with E-state index >= 15 is 0 Å². The lowest BCUT2D eigenvalue weighted by Gasteiger charge is -2.08. The molecule has 0 aliphatic heterocycles. The van der Waals surface area contributed by atoms with E-state index in [4.69, 9.17) is 0 Å². The van der Waals surface area contributed by atoms with Crippen LogP contribution in [0.3, 0.4) is 0 Å². The van der Waals surface area contributed by atoms with Gasteiger partial charge in [-0.3, -0.25) is 4.79 Å². The number of amides is 1. The Hall–Kier alpha value is -3.81. The average molecular weight is 380 g/mol. The number of benzene rings is 2. The number of nitrogens with one attached hydrogen (secondary N) is 2. The van der Waals surface area contributed by atoms with Crippen LogP contribution < -0.4 is 10.6 Å². The molecule has 0 spiro atoms. The second-order valence-electron chi connectivity index (χ2n) is 5.76. The molecule has 1 heterocycles. The number of aromatic nitrogens is 2. The van der Waals surface area contributed by atoms with Crippen LogP contribution in [0, 0.1) is 5.82 Å². The van der Waals surface area contributed by atoms with E-state index in [1.54, 1.807) is 42.5 Å². The standard InChI is InChI=1S/C20H17FN4O3/c1-28-20(27)13-6-8-15(9-7-13)25-18-10-17(23-12-24-18)19(26)22-11-14-4-2-3-5-16(14)21/h2-10,12H,11H2,1H3,(H,22,26)(H,23,24,25). The Morgan fingerprint density at radius 2 is 1.82 bits per heavy atom. The maximum absolute atomic E-state index is 13.6. The molecule has 7 nitrogen and oxygen atoms in total. The maximum atomic E-state index is 13.6. The van der Waals surface area contributed by atoms with Crippen molar-refractivity contribution < 1.29 is 18.7 Å². The van der Waals surface area contributed by atoms with E-state index < -0.39 is 11.9 Å². The summed E-state index contributed by atoms with van der Waals surface area (Å²) in [4.78, 5) is 31.8. The Bertz CT molecular complexity index is 993. The lowest BCUT2D eigenvalue weighted by Crippen LogP contribution is -2.24. The number of carbonyl (C=O) groups excluding carboxylic acids is 2. The maximum Gasteiger partial charge on any atom is 0.337 e. The number of hydrogen-bond acceptors (Lipinski definition) is 6. The first-order valence-corrected chi connectivity index (χ1v) is 8.36. The van der Waals surface area contributed by atoms with E-state index in [1.165, 1.54) is 25.6 Å². The minimum Gasteiger partial charge on any atom is -0.465 e. The highest BCUT2D eigenvalue weighted by Gasteiger charge is 2.10. The number of hydrogen-bond donors (Lipinski definition) is 2. The number of ether oxygens (including phenoxy) is 1. The zero-order chi connectivity index (χ0) is 19.9. The molecule has 1 amide bonds. The van der Waals surface area contributed by atoms with Gasteiger partial charge in [-0.2, -0.15) is 0 Å². The number of methoxy groups -OCH3 is 1. The summed E-state index contributed by atoms with van der Waals surface area (Å²) in [7, 11) is 1.31. The van der Waals surface area contributed by atoms with Gasteiger partial charge in [-0.25, -0.2) is 19.2 Å². The monoisotopic (exact) mass is 380 g/mol. The highest BCUT2D eigenvalue weighted by atomic mass is 19.1. The summed E-state index contributed by atoms with van der Waals surface area (Å²) in [5, 5.41) is 5.65. The van der Waals surface area contributed by atoms with Crippen molar-refractivity contribution >= 4 is 23.4 Å². The molecule has 3 rings (SSSR count). The van der Waals surface area contributed by atoms with Gasteiger partial charge in [0.1, 0.15) is 23.7 Å².